The highest BCUT2D eigenvalue weighted by atomic mass is 16.4. The molecule has 0 aromatic heterocycles. The highest BCUT2D eigenvalue weighted by molar-refractivity contribution is 5.90. The third kappa shape index (κ3) is 2.56. The molecule has 5 heteroatoms. The van der Waals surface area contributed by atoms with Gasteiger partial charge in [0.1, 0.15) is 6.04 Å². The van der Waals surface area contributed by atoms with Crippen LogP contribution < -0.4 is 5.73 Å². The first-order valence-electron chi connectivity index (χ1n) is 8.37. The molecule has 21 heavy (non-hydrogen) atoms. The second-order valence-corrected chi connectivity index (χ2v) is 7.12. The predicted octanol–water partition coefficient (Wildman–Crippen LogP) is 1.89. The molecule has 2 saturated carbocycles. The molecule has 3 rings (SSSR count). The lowest BCUT2D eigenvalue weighted by Gasteiger charge is -2.49. The average molecular weight is 294 g/mol. The molecule has 3 unspecified atom stereocenters. The van der Waals surface area contributed by atoms with Crippen molar-refractivity contribution in [1.29, 1.82) is 0 Å². The van der Waals surface area contributed by atoms with E-state index in [2.05, 4.69) is 0 Å². The van der Waals surface area contributed by atoms with Crippen molar-refractivity contribution in [2.24, 2.45) is 11.7 Å². The van der Waals surface area contributed by atoms with Gasteiger partial charge in [-0.25, -0.2) is 4.79 Å². The Balaban J connectivity index is 1.88. The molecule has 3 atom stereocenters. The van der Waals surface area contributed by atoms with Crippen molar-refractivity contribution in [3.63, 3.8) is 0 Å². The molecule has 0 radical (unpaired) electrons. The first-order valence-corrected chi connectivity index (χ1v) is 8.37. The maximum absolute atomic E-state index is 13.0. The van der Waals surface area contributed by atoms with Crippen molar-refractivity contribution in [2.75, 3.05) is 0 Å². The fraction of sp³-hybridized carbons (Fsp3) is 0.875. The highest BCUT2D eigenvalue weighted by Gasteiger charge is 2.49. The Morgan fingerprint density at radius 2 is 1.67 bits per heavy atom. The van der Waals surface area contributed by atoms with Crippen molar-refractivity contribution >= 4 is 11.9 Å². The summed E-state index contributed by atoms with van der Waals surface area (Å²) in [7, 11) is 0. The first kappa shape index (κ1) is 14.8. The smallest absolute Gasteiger partial charge is 0.326 e. The van der Waals surface area contributed by atoms with Crippen molar-refractivity contribution < 1.29 is 14.7 Å². The van der Waals surface area contributed by atoms with Crippen molar-refractivity contribution in [2.45, 2.75) is 81.8 Å². The number of nitrogens with two attached hydrogens (primary N) is 1. The number of carbonyl (C=O) groups excluding carboxylic acids is 1. The van der Waals surface area contributed by atoms with Crippen LogP contribution in [0, 0.1) is 5.92 Å². The van der Waals surface area contributed by atoms with E-state index in [1.54, 1.807) is 4.90 Å². The van der Waals surface area contributed by atoms with Gasteiger partial charge in [-0.1, -0.05) is 25.7 Å². The lowest BCUT2D eigenvalue weighted by atomic mass is 9.75. The van der Waals surface area contributed by atoms with E-state index in [-0.39, 0.29) is 11.9 Å². The van der Waals surface area contributed by atoms with Gasteiger partial charge in [-0.15, -0.1) is 0 Å². The van der Waals surface area contributed by atoms with Gasteiger partial charge in [0.05, 0.1) is 5.54 Å². The Labute approximate surface area is 125 Å². The van der Waals surface area contributed by atoms with E-state index in [1.165, 1.54) is 6.42 Å². The zero-order valence-electron chi connectivity index (χ0n) is 12.6. The Morgan fingerprint density at radius 1 is 1.00 bits per heavy atom. The van der Waals surface area contributed by atoms with Crippen LogP contribution in [0.5, 0.6) is 0 Å². The largest absolute Gasteiger partial charge is 0.480 e. The topological polar surface area (TPSA) is 83.6 Å². The SMILES string of the molecule is NC1(C(=O)N2C(C(=O)O)CCC3CCCCC32)CCCC1. The van der Waals surface area contributed by atoms with Crippen LogP contribution in [0.1, 0.15) is 64.2 Å². The number of hydrogen-bond acceptors (Lipinski definition) is 3. The third-order valence-electron chi connectivity index (χ3n) is 5.81. The zero-order valence-corrected chi connectivity index (χ0v) is 12.6. The van der Waals surface area contributed by atoms with E-state index in [9.17, 15) is 14.7 Å². The summed E-state index contributed by atoms with van der Waals surface area (Å²) in [6.07, 6.45) is 9.22. The van der Waals surface area contributed by atoms with Gasteiger partial charge in [0, 0.05) is 6.04 Å². The summed E-state index contributed by atoms with van der Waals surface area (Å²) in [5.41, 5.74) is 5.52. The number of carbonyl (C=O) groups is 2. The number of amides is 1. The number of aliphatic carboxylic acids is 1. The molecule has 0 aromatic carbocycles. The van der Waals surface area contributed by atoms with Gasteiger partial charge < -0.3 is 15.7 Å². The van der Waals surface area contributed by atoms with E-state index in [1.807, 2.05) is 0 Å². The molecule has 1 aliphatic heterocycles. The van der Waals surface area contributed by atoms with Crippen LogP contribution >= 0.6 is 0 Å². The van der Waals surface area contributed by atoms with Gasteiger partial charge in [-0.05, 0) is 44.4 Å². The van der Waals surface area contributed by atoms with Crippen LogP contribution in [0.3, 0.4) is 0 Å². The van der Waals surface area contributed by atoms with Gasteiger partial charge in [0.25, 0.3) is 0 Å². The van der Waals surface area contributed by atoms with Crippen LogP contribution in [-0.2, 0) is 9.59 Å². The van der Waals surface area contributed by atoms with Crippen LogP contribution in [0.15, 0.2) is 0 Å². The normalized spacial score (nSPS) is 35.3. The summed E-state index contributed by atoms with van der Waals surface area (Å²) in [4.78, 5) is 26.4. The number of nitrogens with zero attached hydrogens (tertiary/aromatic N) is 1. The molecule has 118 valence electrons. The molecule has 1 amide bonds. The molecule has 0 bridgehead atoms. The second-order valence-electron chi connectivity index (χ2n) is 7.12. The second kappa shape index (κ2) is 5.59. The summed E-state index contributed by atoms with van der Waals surface area (Å²) >= 11 is 0. The van der Waals surface area contributed by atoms with Gasteiger partial charge >= 0.3 is 5.97 Å². The molecule has 5 nitrogen and oxygen atoms in total. The van der Waals surface area contributed by atoms with E-state index in [0.717, 1.165) is 38.5 Å². The number of hydrogen-bond donors (Lipinski definition) is 2. The first-order chi connectivity index (χ1) is 10.0. The maximum Gasteiger partial charge on any atom is 0.326 e. The molecular weight excluding hydrogens is 268 g/mol. The Bertz CT molecular complexity index is 431. The third-order valence-corrected chi connectivity index (χ3v) is 5.81. The summed E-state index contributed by atoms with van der Waals surface area (Å²) < 4.78 is 0. The quantitative estimate of drug-likeness (QED) is 0.814. The number of likely N-dealkylation sites (tertiary alicyclic amines) is 1. The molecule has 1 saturated heterocycles. The van der Waals surface area contributed by atoms with Crippen LogP contribution in [0.4, 0.5) is 0 Å². The number of carboxylic acid groups (broad SMARTS) is 1. The van der Waals surface area contributed by atoms with Crippen LogP contribution in [-0.4, -0.2) is 39.5 Å². The monoisotopic (exact) mass is 294 g/mol. The molecule has 2 aliphatic carbocycles. The van der Waals surface area contributed by atoms with E-state index < -0.39 is 17.6 Å². The van der Waals surface area contributed by atoms with E-state index >= 15 is 0 Å². The fourth-order valence-corrected chi connectivity index (χ4v) is 4.64. The van der Waals surface area contributed by atoms with Crippen LogP contribution in [0.2, 0.25) is 0 Å². The van der Waals surface area contributed by atoms with Gasteiger partial charge in [-0.2, -0.15) is 0 Å². The Hall–Kier alpha value is -1.10. The maximum atomic E-state index is 13.0. The molecule has 3 aliphatic rings. The Kier molecular flexibility index (Phi) is 3.95. The number of fused-ring (bicyclic) bond motifs is 1. The predicted molar refractivity (Wildman–Crippen MR) is 78.6 cm³/mol. The molecule has 3 N–H and O–H groups in total. The summed E-state index contributed by atoms with van der Waals surface area (Å²) in [6, 6.07) is -0.569. The number of piperidine rings is 1. The van der Waals surface area contributed by atoms with E-state index in [0.29, 0.717) is 25.2 Å². The van der Waals surface area contributed by atoms with Gasteiger partial charge in [-0.3, -0.25) is 4.79 Å². The lowest BCUT2D eigenvalue weighted by molar-refractivity contribution is -0.161. The minimum Gasteiger partial charge on any atom is -0.480 e. The average Bonchev–Trinajstić information content (AvgIpc) is 2.93. The minimum atomic E-state index is -0.867. The van der Waals surface area contributed by atoms with Gasteiger partial charge in [0.2, 0.25) is 5.91 Å². The number of carboxylic acids is 1. The molecule has 1 heterocycles. The van der Waals surface area contributed by atoms with Crippen molar-refractivity contribution in [3.8, 4) is 0 Å². The van der Waals surface area contributed by atoms with Crippen molar-refractivity contribution in [3.05, 3.63) is 0 Å². The number of rotatable bonds is 2. The lowest BCUT2D eigenvalue weighted by Crippen LogP contribution is -2.64. The molecule has 0 aromatic rings. The summed E-state index contributed by atoms with van der Waals surface area (Å²) in [5.74, 6) is -0.485. The van der Waals surface area contributed by atoms with Gasteiger partial charge in [0.15, 0.2) is 0 Å². The van der Waals surface area contributed by atoms with E-state index in [4.69, 9.17) is 5.73 Å². The summed E-state index contributed by atoms with van der Waals surface area (Å²) in [5, 5.41) is 9.54. The minimum absolute atomic E-state index is 0.0935. The molecule has 0 spiro atoms. The summed E-state index contributed by atoms with van der Waals surface area (Å²) in [6.45, 7) is 0. The van der Waals surface area contributed by atoms with Crippen molar-refractivity contribution in [1.82, 2.24) is 4.90 Å². The molecular formula is C16H26N2O3. The molecule has 3 fully saturated rings. The zero-order chi connectivity index (χ0) is 15.0. The fourth-order valence-electron chi connectivity index (χ4n) is 4.64. The Morgan fingerprint density at radius 3 is 2.33 bits per heavy atom. The standard InChI is InChI=1S/C16H26N2O3/c17-16(9-3-4-10-16)15(21)18-12-6-2-1-5-11(12)7-8-13(18)14(19)20/h11-13H,1-10,17H2,(H,19,20). The highest BCUT2D eigenvalue weighted by Crippen LogP contribution is 2.40. The van der Waals surface area contributed by atoms with Crippen LogP contribution in [0.25, 0.3) is 0 Å².